The summed E-state index contributed by atoms with van der Waals surface area (Å²) >= 11 is 0. The van der Waals surface area contributed by atoms with Gasteiger partial charge in [0.2, 0.25) is 0 Å². The third kappa shape index (κ3) is 6.83. The van der Waals surface area contributed by atoms with E-state index in [0.717, 1.165) is 72.0 Å². The van der Waals surface area contributed by atoms with E-state index in [1.807, 2.05) is 60.7 Å². The van der Waals surface area contributed by atoms with E-state index in [4.69, 9.17) is 15.0 Å². The average molecular weight is 853 g/mol. The fourth-order valence-corrected chi connectivity index (χ4v) is 9.48. The van der Waals surface area contributed by atoms with Crippen LogP contribution in [0.1, 0.15) is 58.2 Å². The van der Waals surface area contributed by atoms with Crippen LogP contribution in [0.2, 0.25) is 0 Å². The predicted molar refractivity (Wildman–Crippen MR) is 272 cm³/mol. The molecule has 11 aromatic rings. The molecule has 0 atom stereocenters. The van der Waals surface area contributed by atoms with Crippen molar-refractivity contribution in [2.75, 3.05) is 0 Å². The van der Waals surface area contributed by atoms with Crippen LogP contribution in [-0.2, 0) is 10.8 Å². The first kappa shape index (κ1) is 40.6. The standard InChI is InChI=1S/C60H48N6/c1-59(2,3)41-29-32-53-47(35-41)44-22-13-15-25-50(44)65(53)52-27-17-24-43(49(52)37-61)40-28-31-46(58-63-56(38-18-9-7-10-19-38)62-57(64-58)39-20-11-8-12-21-39)55(34-40)66-51-26-16-14-23-45(51)48-36-42(60(4,5)6)30-33-54(48)66/h7-36H,1-6H3. The SMILES string of the molecule is CC(C)(C)c1ccc2c(c1)c1ccccc1n2-c1cc(-c2cccc(-n3c4ccccc4c4cc(C(C)(C)C)ccc43)c2C#N)ccc1-c1nc(-c2ccccc2)nc(-c2ccccc2)n1. The molecule has 0 spiro atoms. The molecule has 0 saturated carbocycles. The minimum absolute atomic E-state index is 0.0161. The number of nitriles is 1. The van der Waals surface area contributed by atoms with Crippen molar-refractivity contribution in [2.45, 2.75) is 52.4 Å². The van der Waals surface area contributed by atoms with E-state index in [0.29, 0.717) is 23.0 Å². The van der Waals surface area contributed by atoms with E-state index >= 15 is 0 Å². The highest BCUT2D eigenvalue weighted by molar-refractivity contribution is 6.11. The zero-order valence-corrected chi connectivity index (χ0v) is 38.0. The Morgan fingerprint density at radius 2 is 0.848 bits per heavy atom. The average Bonchev–Trinajstić information content (AvgIpc) is 3.85. The van der Waals surface area contributed by atoms with Crippen LogP contribution < -0.4 is 0 Å². The van der Waals surface area contributed by atoms with Gasteiger partial charge in [-0.15, -0.1) is 0 Å². The summed E-state index contributed by atoms with van der Waals surface area (Å²) in [6, 6.07) is 66.3. The van der Waals surface area contributed by atoms with Crippen molar-refractivity contribution >= 4 is 43.6 Å². The maximum atomic E-state index is 11.3. The maximum Gasteiger partial charge on any atom is 0.166 e. The third-order valence-corrected chi connectivity index (χ3v) is 13.0. The number of benzene rings is 8. The van der Waals surface area contributed by atoms with Crippen LogP contribution in [0, 0.1) is 11.3 Å². The molecule has 0 fully saturated rings. The van der Waals surface area contributed by atoms with Crippen molar-refractivity contribution < 1.29 is 0 Å². The van der Waals surface area contributed by atoms with Gasteiger partial charge in [-0.3, -0.25) is 0 Å². The molecule has 3 aromatic heterocycles. The maximum absolute atomic E-state index is 11.3. The highest BCUT2D eigenvalue weighted by Gasteiger charge is 2.25. The van der Waals surface area contributed by atoms with Gasteiger partial charge >= 0.3 is 0 Å². The Kier molecular flexibility index (Phi) is 9.56. The number of rotatable bonds is 6. The second-order valence-electron chi connectivity index (χ2n) is 19.3. The van der Waals surface area contributed by atoms with Crippen LogP contribution >= 0.6 is 0 Å². The van der Waals surface area contributed by atoms with Crippen LogP contribution in [0.15, 0.2) is 182 Å². The molecule has 0 aliphatic carbocycles. The van der Waals surface area contributed by atoms with Gasteiger partial charge in [0.25, 0.3) is 0 Å². The summed E-state index contributed by atoms with van der Waals surface area (Å²) in [4.78, 5) is 15.5. The van der Waals surface area contributed by atoms with Crippen molar-refractivity contribution in [3.8, 4) is 62.7 Å². The highest BCUT2D eigenvalue weighted by atomic mass is 15.1. The summed E-state index contributed by atoms with van der Waals surface area (Å²) in [5.41, 5.74) is 13.4. The molecule has 8 aromatic carbocycles. The number of fused-ring (bicyclic) bond motifs is 6. The van der Waals surface area contributed by atoms with Crippen LogP contribution in [0.25, 0.3) is 100 Å². The van der Waals surface area contributed by atoms with Gasteiger partial charge in [0, 0.05) is 43.8 Å². The Labute approximate surface area is 385 Å². The number of para-hydroxylation sites is 2. The van der Waals surface area contributed by atoms with Crippen LogP contribution in [0.5, 0.6) is 0 Å². The Bertz CT molecular complexity index is 3670. The van der Waals surface area contributed by atoms with Gasteiger partial charge in [-0.2, -0.15) is 5.26 Å². The lowest BCUT2D eigenvalue weighted by molar-refractivity contribution is 0.591. The Balaban J connectivity index is 1.20. The lowest BCUT2D eigenvalue weighted by Crippen LogP contribution is -2.10. The molecule has 0 aliphatic heterocycles. The zero-order chi connectivity index (χ0) is 45.3. The van der Waals surface area contributed by atoms with E-state index in [1.54, 1.807) is 0 Å². The molecular formula is C60H48N6. The second kappa shape index (κ2) is 15.5. The van der Waals surface area contributed by atoms with Crippen molar-refractivity contribution in [3.05, 3.63) is 199 Å². The molecule has 3 heterocycles. The molecule has 0 unspecified atom stereocenters. The van der Waals surface area contributed by atoms with Gasteiger partial charge in [0.1, 0.15) is 6.07 Å². The van der Waals surface area contributed by atoms with Crippen molar-refractivity contribution in [1.82, 2.24) is 24.1 Å². The first-order chi connectivity index (χ1) is 32.0. The molecule has 0 saturated heterocycles. The molecule has 0 bridgehead atoms. The first-order valence-corrected chi connectivity index (χ1v) is 22.6. The summed E-state index contributed by atoms with van der Waals surface area (Å²) in [5.74, 6) is 1.73. The molecule has 0 aliphatic rings. The summed E-state index contributed by atoms with van der Waals surface area (Å²) in [5, 5.41) is 15.9. The summed E-state index contributed by atoms with van der Waals surface area (Å²) in [7, 11) is 0. The number of hydrogen-bond donors (Lipinski definition) is 0. The molecule has 66 heavy (non-hydrogen) atoms. The van der Waals surface area contributed by atoms with Crippen LogP contribution in [0.4, 0.5) is 0 Å². The minimum atomic E-state index is -0.0427. The predicted octanol–water partition coefficient (Wildman–Crippen LogP) is 15.2. The molecule has 0 N–H and O–H groups in total. The van der Waals surface area contributed by atoms with Gasteiger partial charge in [0.15, 0.2) is 17.5 Å². The number of nitrogens with zero attached hydrogens (tertiary/aromatic N) is 6. The van der Waals surface area contributed by atoms with E-state index < -0.39 is 0 Å². The molecule has 0 amide bonds. The van der Waals surface area contributed by atoms with Crippen LogP contribution in [-0.4, -0.2) is 24.1 Å². The van der Waals surface area contributed by atoms with E-state index in [-0.39, 0.29) is 10.8 Å². The molecule has 318 valence electrons. The van der Waals surface area contributed by atoms with Gasteiger partial charge in [-0.05, 0) is 82.1 Å². The Hall–Kier alpha value is -8.14. The molecule has 11 rings (SSSR count). The second-order valence-corrected chi connectivity index (χ2v) is 19.3. The summed E-state index contributed by atoms with van der Waals surface area (Å²) < 4.78 is 4.61. The fraction of sp³-hybridized carbons (Fsp3) is 0.133. The Morgan fingerprint density at radius 3 is 1.36 bits per heavy atom. The lowest BCUT2D eigenvalue weighted by atomic mass is 9.86. The van der Waals surface area contributed by atoms with Gasteiger partial charge in [-0.25, -0.2) is 15.0 Å². The summed E-state index contributed by atoms with van der Waals surface area (Å²) in [6.45, 7) is 13.5. The normalized spacial score (nSPS) is 12.1. The zero-order valence-electron chi connectivity index (χ0n) is 38.0. The monoisotopic (exact) mass is 852 g/mol. The first-order valence-electron chi connectivity index (χ1n) is 22.6. The van der Waals surface area contributed by atoms with E-state index in [9.17, 15) is 5.26 Å². The minimum Gasteiger partial charge on any atom is -0.308 e. The van der Waals surface area contributed by atoms with Gasteiger partial charge in [0.05, 0.1) is 39.0 Å². The third-order valence-electron chi connectivity index (χ3n) is 13.0. The van der Waals surface area contributed by atoms with Gasteiger partial charge < -0.3 is 9.13 Å². The molecule has 0 radical (unpaired) electrons. The van der Waals surface area contributed by atoms with E-state index in [1.165, 1.54) is 21.9 Å². The topological polar surface area (TPSA) is 72.3 Å². The molecule has 6 nitrogen and oxygen atoms in total. The molecular weight excluding hydrogens is 805 g/mol. The number of hydrogen-bond acceptors (Lipinski definition) is 4. The highest BCUT2D eigenvalue weighted by Crippen LogP contribution is 2.42. The smallest absolute Gasteiger partial charge is 0.166 e. The van der Waals surface area contributed by atoms with Crippen molar-refractivity contribution in [3.63, 3.8) is 0 Å². The quantitative estimate of drug-likeness (QED) is 0.167. The lowest BCUT2D eigenvalue weighted by Gasteiger charge is -2.20. The van der Waals surface area contributed by atoms with Crippen LogP contribution in [0.3, 0.4) is 0 Å². The molecule has 6 heteroatoms. The van der Waals surface area contributed by atoms with Crippen molar-refractivity contribution in [2.24, 2.45) is 0 Å². The number of aromatic nitrogens is 5. The largest absolute Gasteiger partial charge is 0.308 e. The Morgan fingerprint density at radius 1 is 0.379 bits per heavy atom. The summed E-state index contributed by atoms with van der Waals surface area (Å²) in [6.07, 6.45) is 0. The van der Waals surface area contributed by atoms with Crippen molar-refractivity contribution in [1.29, 1.82) is 5.26 Å². The van der Waals surface area contributed by atoms with Gasteiger partial charge in [-0.1, -0.05) is 169 Å². The van der Waals surface area contributed by atoms with E-state index in [2.05, 4.69) is 178 Å². The fourth-order valence-electron chi connectivity index (χ4n) is 9.48.